The number of nitrogens with zero attached hydrogens (tertiary/aromatic N) is 1. The molecule has 2 aromatic heterocycles. The average molecular weight is 443 g/mol. The smallest absolute Gasteiger partial charge is 0.331 e. The van der Waals surface area contributed by atoms with E-state index in [1.165, 1.54) is 22.7 Å². The number of rotatable bonds is 5. The summed E-state index contributed by atoms with van der Waals surface area (Å²) in [6, 6.07) is 0. The molecule has 1 atom stereocenters. The molecule has 29 heavy (non-hydrogen) atoms. The van der Waals surface area contributed by atoms with Gasteiger partial charge in [-0.25, -0.2) is 18.6 Å². The first-order chi connectivity index (χ1) is 13.7. The number of aliphatic hydroxyl groups excluding tert-OH is 1. The molecular weight excluding hydrogens is 422 g/mol. The van der Waals surface area contributed by atoms with Gasteiger partial charge in [0.2, 0.25) is 0 Å². The molecule has 2 aliphatic rings. The van der Waals surface area contributed by atoms with E-state index >= 15 is 0 Å². The number of thiophene rings is 1. The number of anilines is 1. The summed E-state index contributed by atoms with van der Waals surface area (Å²) in [4.78, 5) is 16.6. The molecule has 0 saturated heterocycles. The minimum absolute atomic E-state index is 0.00462. The van der Waals surface area contributed by atoms with Crippen LogP contribution in [0, 0.1) is 6.92 Å². The summed E-state index contributed by atoms with van der Waals surface area (Å²) in [5, 5.41) is 26.2. The van der Waals surface area contributed by atoms with Gasteiger partial charge in [-0.2, -0.15) is 0 Å². The Balaban J connectivity index is 1.73. The van der Waals surface area contributed by atoms with E-state index in [0.29, 0.717) is 14.9 Å². The predicted octanol–water partition coefficient (Wildman–Crippen LogP) is 3.84. The van der Waals surface area contributed by atoms with Gasteiger partial charge in [-0.1, -0.05) is 0 Å². The number of alkyl halides is 2. The summed E-state index contributed by atoms with van der Waals surface area (Å²) in [6.45, 7) is 2.15. The van der Waals surface area contributed by atoms with Gasteiger partial charge >= 0.3 is 5.97 Å². The van der Waals surface area contributed by atoms with E-state index < -0.39 is 18.1 Å². The standard InChI is InChI=1S/C19H20F2N2O4S2/c1-9-8-28-16(22-9)14-11-2-4-19(20,21)6-13(11)29-17(14)23-15(24)12-7-27-5-3-10(12)18(25)26/h8,15,23-24H,2-7H2,1H3,(H,25,26). The number of aryl methyl sites for hydroxylation is 1. The fourth-order valence-electron chi connectivity index (χ4n) is 3.65. The molecule has 6 nitrogen and oxygen atoms in total. The minimum Gasteiger partial charge on any atom is -0.478 e. The van der Waals surface area contributed by atoms with Crippen LogP contribution < -0.4 is 5.32 Å². The molecule has 2 aromatic rings. The monoisotopic (exact) mass is 442 g/mol. The summed E-state index contributed by atoms with van der Waals surface area (Å²) in [6.07, 6.45) is -1.42. The van der Waals surface area contributed by atoms with E-state index in [-0.39, 0.29) is 50.0 Å². The number of aromatic nitrogens is 1. The molecule has 0 radical (unpaired) electrons. The zero-order chi connectivity index (χ0) is 20.8. The van der Waals surface area contributed by atoms with Crippen LogP contribution in [0.5, 0.6) is 0 Å². The number of hydrogen-bond donors (Lipinski definition) is 3. The molecule has 0 amide bonds. The Morgan fingerprint density at radius 3 is 2.90 bits per heavy atom. The lowest BCUT2D eigenvalue weighted by Gasteiger charge is -2.23. The maximum atomic E-state index is 14.0. The zero-order valence-electron chi connectivity index (χ0n) is 15.6. The molecule has 1 unspecified atom stereocenters. The number of ether oxygens (including phenoxy) is 1. The number of carbonyl (C=O) groups is 1. The van der Waals surface area contributed by atoms with Crippen LogP contribution in [-0.2, 0) is 22.4 Å². The number of halogens is 2. The van der Waals surface area contributed by atoms with Gasteiger partial charge in [-0.3, -0.25) is 0 Å². The van der Waals surface area contributed by atoms with E-state index in [1.54, 1.807) is 0 Å². The van der Waals surface area contributed by atoms with E-state index in [0.717, 1.165) is 16.8 Å². The SMILES string of the molecule is Cc1csc(-c2c(NC(O)C3=C(C(=O)O)CCOC3)sc3c2CCC(F)(F)C3)n1. The summed E-state index contributed by atoms with van der Waals surface area (Å²) >= 11 is 2.59. The molecule has 0 bridgehead atoms. The largest absolute Gasteiger partial charge is 0.478 e. The highest BCUT2D eigenvalue weighted by atomic mass is 32.1. The lowest BCUT2D eigenvalue weighted by Crippen LogP contribution is -2.30. The van der Waals surface area contributed by atoms with Crippen LogP contribution in [-0.4, -0.2) is 46.5 Å². The van der Waals surface area contributed by atoms with Gasteiger partial charge in [0.05, 0.1) is 13.2 Å². The fourth-order valence-corrected chi connectivity index (χ4v) is 5.94. The zero-order valence-corrected chi connectivity index (χ0v) is 17.3. The van der Waals surface area contributed by atoms with Crippen molar-refractivity contribution in [3.8, 4) is 10.6 Å². The molecule has 0 aromatic carbocycles. The quantitative estimate of drug-likeness (QED) is 0.610. The number of fused-ring (bicyclic) bond motifs is 1. The summed E-state index contributed by atoms with van der Waals surface area (Å²) in [5.41, 5.74) is 2.76. The van der Waals surface area contributed by atoms with Gasteiger partial charge in [-0.05, 0) is 18.9 Å². The molecule has 3 heterocycles. The van der Waals surface area contributed by atoms with Gasteiger partial charge in [0.1, 0.15) is 16.2 Å². The van der Waals surface area contributed by atoms with E-state index in [4.69, 9.17) is 4.74 Å². The van der Waals surface area contributed by atoms with Crippen LogP contribution in [0.3, 0.4) is 0 Å². The summed E-state index contributed by atoms with van der Waals surface area (Å²) in [7, 11) is 0. The Kier molecular flexibility index (Phi) is 5.45. The Morgan fingerprint density at radius 1 is 1.41 bits per heavy atom. The molecular formula is C19H20F2N2O4S2. The van der Waals surface area contributed by atoms with Crippen molar-refractivity contribution in [1.82, 2.24) is 4.98 Å². The molecule has 4 rings (SSSR count). The van der Waals surface area contributed by atoms with E-state index in [1.807, 2.05) is 12.3 Å². The molecule has 1 aliphatic carbocycles. The van der Waals surface area contributed by atoms with Crippen molar-refractivity contribution < 1.29 is 28.5 Å². The van der Waals surface area contributed by atoms with E-state index in [9.17, 15) is 23.8 Å². The van der Waals surface area contributed by atoms with Crippen molar-refractivity contribution in [3.05, 3.63) is 32.7 Å². The van der Waals surface area contributed by atoms with Gasteiger partial charge in [-0.15, -0.1) is 22.7 Å². The summed E-state index contributed by atoms with van der Waals surface area (Å²) in [5.74, 6) is -3.84. The number of thiazole rings is 1. The van der Waals surface area contributed by atoms with Crippen molar-refractivity contribution in [2.45, 2.75) is 44.8 Å². The van der Waals surface area contributed by atoms with Gasteiger partial charge < -0.3 is 20.3 Å². The number of hydrogen-bond acceptors (Lipinski definition) is 7. The topological polar surface area (TPSA) is 91.7 Å². The van der Waals surface area contributed by atoms with Crippen molar-refractivity contribution in [2.75, 3.05) is 18.5 Å². The van der Waals surface area contributed by atoms with Crippen LogP contribution in [0.15, 0.2) is 16.5 Å². The molecule has 0 spiro atoms. The first kappa shape index (κ1) is 20.4. The third kappa shape index (κ3) is 4.07. The maximum Gasteiger partial charge on any atom is 0.331 e. The Morgan fingerprint density at radius 2 is 2.21 bits per heavy atom. The van der Waals surface area contributed by atoms with Gasteiger partial charge in [0.25, 0.3) is 5.92 Å². The maximum absolute atomic E-state index is 14.0. The third-order valence-electron chi connectivity index (χ3n) is 5.08. The first-order valence-electron chi connectivity index (χ1n) is 9.17. The number of aliphatic carboxylic acids is 1. The van der Waals surface area contributed by atoms with Gasteiger partial charge in [0, 0.05) is 51.9 Å². The Hall–Kier alpha value is -1.88. The second kappa shape index (κ2) is 7.75. The number of carboxylic acid groups (broad SMARTS) is 1. The third-order valence-corrected chi connectivity index (χ3v) is 7.22. The van der Waals surface area contributed by atoms with Crippen molar-refractivity contribution in [1.29, 1.82) is 0 Å². The highest BCUT2D eigenvalue weighted by Gasteiger charge is 2.38. The van der Waals surface area contributed by atoms with Gasteiger partial charge in [0.15, 0.2) is 0 Å². The van der Waals surface area contributed by atoms with Crippen molar-refractivity contribution in [2.24, 2.45) is 0 Å². The molecule has 156 valence electrons. The number of aliphatic hydroxyl groups is 1. The van der Waals surface area contributed by atoms with Crippen LogP contribution >= 0.6 is 22.7 Å². The molecule has 10 heteroatoms. The molecule has 0 saturated carbocycles. The van der Waals surface area contributed by atoms with Crippen LogP contribution in [0.2, 0.25) is 0 Å². The first-order valence-corrected chi connectivity index (χ1v) is 10.9. The second-order valence-corrected chi connectivity index (χ2v) is 9.16. The highest BCUT2D eigenvalue weighted by molar-refractivity contribution is 7.18. The highest BCUT2D eigenvalue weighted by Crippen LogP contribution is 2.48. The second-order valence-electron chi connectivity index (χ2n) is 7.19. The summed E-state index contributed by atoms with van der Waals surface area (Å²) < 4.78 is 33.2. The Labute approximate surface area is 173 Å². The van der Waals surface area contributed by atoms with Crippen LogP contribution in [0.1, 0.15) is 29.0 Å². The fraction of sp³-hybridized carbons (Fsp3) is 0.474. The number of carboxylic acids is 1. The van der Waals surface area contributed by atoms with Crippen LogP contribution in [0.25, 0.3) is 10.6 Å². The van der Waals surface area contributed by atoms with Crippen LogP contribution in [0.4, 0.5) is 13.8 Å². The molecule has 3 N–H and O–H groups in total. The molecule has 1 aliphatic heterocycles. The van der Waals surface area contributed by atoms with Crippen molar-refractivity contribution in [3.63, 3.8) is 0 Å². The Bertz CT molecular complexity index is 983. The minimum atomic E-state index is -2.75. The lowest BCUT2D eigenvalue weighted by molar-refractivity contribution is -0.133. The normalized spacial score (nSPS) is 19.7. The predicted molar refractivity (Wildman–Crippen MR) is 107 cm³/mol. The average Bonchev–Trinajstić information content (AvgIpc) is 3.23. The van der Waals surface area contributed by atoms with E-state index in [2.05, 4.69) is 10.3 Å². The number of nitrogens with one attached hydrogen (secondary N) is 1. The van der Waals surface area contributed by atoms with Crippen molar-refractivity contribution >= 4 is 33.6 Å². The molecule has 0 fully saturated rings. The lowest BCUT2D eigenvalue weighted by atomic mass is 9.93.